The number of likely N-dealkylation sites (tertiary alicyclic amines) is 1. The van der Waals surface area contributed by atoms with Crippen molar-refractivity contribution >= 4 is 0 Å². The highest BCUT2D eigenvalue weighted by Gasteiger charge is 2.14. The third-order valence-electron chi connectivity index (χ3n) is 4.45. The molecular formula is C16H32N2O. The number of piperidine rings is 1. The van der Waals surface area contributed by atoms with Crippen LogP contribution in [-0.2, 0) is 4.74 Å². The van der Waals surface area contributed by atoms with Gasteiger partial charge in [-0.25, -0.2) is 0 Å². The Kier molecular flexibility index (Phi) is 7.18. The van der Waals surface area contributed by atoms with Crippen molar-refractivity contribution < 1.29 is 4.74 Å². The van der Waals surface area contributed by atoms with E-state index in [0.29, 0.717) is 12.1 Å². The molecule has 3 nitrogen and oxygen atoms in total. The van der Waals surface area contributed by atoms with Crippen molar-refractivity contribution in [3.63, 3.8) is 0 Å². The van der Waals surface area contributed by atoms with Crippen molar-refractivity contribution in [2.45, 2.75) is 70.4 Å². The Morgan fingerprint density at radius 2 is 2.00 bits per heavy atom. The predicted molar refractivity (Wildman–Crippen MR) is 80.6 cm³/mol. The molecule has 0 amide bonds. The van der Waals surface area contributed by atoms with Crippen molar-refractivity contribution in [1.29, 1.82) is 0 Å². The Morgan fingerprint density at radius 1 is 1.16 bits per heavy atom. The summed E-state index contributed by atoms with van der Waals surface area (Å²) in [4.78, 5) is 2.62. The summed E-state index contributed by atoms with van der Waals surface area (Å²) < 4.78 is 5.77. The maximum atomic E-state index is 5.77. The summed E-state index contributed by atoms with van der Waals surface area (Å²) in [6, 6.07) is 0.630. The van der Waals surface area contributed by atoms with E-state index < -0.39 is 0 Å². The van der Waals surface area contributed by atoms with Gasteiger partial charge in [0.2, 0.25) is 0 Å². The Hall–Kier alpha value is -0.120. The molecule has 0 radical (unpaired) electrons. The van der Waals surface area contributed by atoms with Gasteiger partial charge in [0.05, 0.1) is 6.10 Å². The molecule has 2 aliphatic rings. The van der Waals surface area contributed by atoms with Gasteiger partial charge >= 0.3 is 0 Å². The predicted octanol–water partition coefficient (Wildman–Crippen LogP) is 2.80. The monoisotopic (exact) mass is 268 g/mol. The molecule has 0 aromatic rings. The van der Waals surface area contributed by atoms with Crippen molar-refractivity contribution in [2.24, 2.45) is 0 Å². The lowest BCUT2D eigenvalue weighted by atomic mass is 10.0. The largest absolute Gasteiger partial charge is 0.378 e. The number of rotatable bonds is 7. The van der Waals surface area contributed by atoms with Gasteiger partial charge in [0, 0.05) is 19.2 Å². The molecule has 3 heteroatoms. The minimum atomic E-state index is 0.549. The first kappa shape index (κ1) is 15.3. The second-order valence-corrected chi connectivity index (χ2v) is 6.35. The van der Waals surface area contributed by atoms with Crippen molar-refractivity contribution in [3.05, 3.63) is 0 Å². The maximum Gasteiger partial charge on any atom is 0.0575 e. The quantitative estimate of drug-likeness (QED) is 0.719. The third kappa shape index (κ3) is 6.24. The lowest BCUT2D eigenvalue weighted by Gasteiger charge is -2.29. The molecule has 0 bridgehead atoms. The summed E-state index contributed by atoms with van der Waals surface area (Å²) in [6.07, 6.45) is 11.2. The lowest BCUT2D eigenvalue weighted by Crippen LogP contribution is -2.41. The first-order valence-electron chi connectivity index (χ1n) is 8.42. The van der Waals surface area contributed by atoms with Crippen LogP contribution in [0.5, 0.6) is 0 Å². The molecular weight excluding hydrogens is 236 g/mol. The van der Waals surface area contributed by atoms with Crippen LogP contribution in [0.4, 0.5) is 0 Å². The average Bonchev–Trinajstić information content (AvgIpc) is 2.46. The molecule has 0 aliphatic carbocycles. The smallest absolute Gasteiger partial charge is 0.0575 e. The van der Waals surface area contributed by atoms with Crippen molar-refractivity contribution in [3.8, 4) is 0 Å². The van der Waals surface area contributed by atoms with Crippen molar-refractivity contribution in [2.75, 3.05) is 32.8 Å². The van der Waals surface area contributed by atoms with E-state index in [1.807, 2.05) is 0 Å². The minimum absolute atomic E-state index is 0.549. The van der Waals surface area contributed by atoms with E-state index in [1.165, 1.54) is 71.0 Å². The Labute approximate surface area is 119 Å². The van der Waals surface area contributed by atoms with Crippen LogP contribution in [0, 0.1) is 0 Å². The van der Waals surface area contributed by atoms with Crippen LogP contribution >= 0.6 is 0 Å². The van der Waals surface area contributed by atoms with E-state index in [-0.39, 0.29) is 0 Å². The zero-order valence-electron chi connectivity index (χ0n) is 12.7. The SMILES string of the molecule is CC(CN1CCCCC1)NCCCC1CCCCO1. The number of nitrogens with one attached hydrogen (secondary N) is 1. The normalized spacial score (nSPS) is 27.3. The highest BCUT2D eigenvalue weighted by molar-refractivity contribution is 4.71. The van der Waals surface area contributed by atoms with E-state index >= 15 is 0 Å². The second kappa shape index (κ2) is 8.93. The van der Waals surface area contributed by atoms with Crippen molar-refractivity contribution in [1.82, 2.24) is 10.2 Å². The van der Waals surface area contributed by atoms with Gasteiger partial charge in [0.15, 0.2) is 0 Å². The first-order valence-corrected chi connectivity index (χ1v) is 8.42. The van der Waals surface area contributed by atoms with Gasteiger partial charge in [-0.3, -0.25) is 0 Å². The molecule has 0 spiro atoms. The second-order valence-electron chi connectivity index (χ2n) is 6.35. The summed E-state index contributed by atoms with van der Waals surface area (Å²) in [7, 11) is 0. The van der Waals surface area contributed by atoms with Crippen LogP contribution in [-0.4, -0.2) is 49.8 Å². The van der Waals surface area contributed by atoms with E-state index in [4.69, 9.17) is 4.74 Å². The van der Waals surface area contributed by atoms with Gasteiger partial charge in [0.25, 0.3) is 0 Å². The van der Waals surface area contributed by atoms with Gasteiger partial charge in [-0.05, 0) is 71.5 Å². The molecule has 0 saturated carbocycles. The van der Waals surface area contributed by atoms with E-state index in [0.717, 1.165) is 13.2 Å². The number of hydrogen-bond acceptors (Lipinski definition) is 3. The van der Waals surface area contributed by atoms with E-state index in [9.17, 15) is 0 Å². The third-order valence-corrected chi connectivity index (χ3v) is 4.45. The van der Waals surface area contributed by atoms with E-state index in [1.54, 1.807) is 0 Å². The highest BCUT2D eigenvalue weighted by Crippen LogP contribution is 2.16. The summed E-state index contributed by atoms with van der Waals surface area (Å²) in [6.45, 7) is 8.30. The maximum absolute atomic E-state index is 5.77. The van der Waals surface area contributed by atoms with Crippen LogP contribution in [0.25, 0.3) is 0 Å². The van der Waals surface area contributed by atoms with Gasteiger partial charge < -0.3 is 15.0 Å². The van der Waals surface area contributed by atoms with Crippen LogP contribution in [0.1, 0.15) is 58.3 Å². The minimum Gasteiger partial charge on any atom is -0.378 e. The number of hydrogen-bond donors (Lipinski definition) is 1. The zero-order valence-corrected chi connectivity index (χ0v) is 12.7. The fourth-order valence-electron chi connectivity index (χ4n) is 3.31. The van der Waals surface area contributed by atoms with Crippen LogP contribution in [0.15, 0.2) is 0 Å². The summed E-state index contributed by atoms with van der Waals surface area (Å²) in [5.41, 5.74) is 0. The first-order chi connectivity index (χ1) is 9.34. The van der Waals surface area contributed by atoms with Crippen LogP contribution < -0.4 is 5.32 Å². The lowest BCUT2D eigenvalue weighted by molar-refractivity contribution is 0.0101. The Bertz CT molecular complexity index is 223. The molecule has 112 valence electrons. The summed E-state index contributed by atoms with van der Waals surface area (Å²) in [5, 5.41) is 3.67. The highest BCUT2D eigenvalue weighted by atomic mass is 16.5. The summed E-state index contributed by atoms with van der Waals surface area (Å²) in [5.74, 6) is 0. The van der Waals surface area contributed by atoms with Gasteiger partial charge in [-0.15, -0.1) is 0 Å². The van der Waals surface area contributed by atoms with Gasteiger partial charge in [-0.1, -0.05) is 6.42 Å². The molecule has 2 saturated heterocycles. The molecule has 2 rings (SSSR count). The molecule has 1 N–H and O–H groups in total. The van der Waals surface area contributed by atoms with Gasteiger partial charge in [-0.2, -0.15) is 0 Å². The van der Waals surface area contributed by atoms with E-state index in [2.05, 4.69) is 17.1 Å². The molecule has 2 fully saturated rings. The van der Waals surface area contributed by atoms with Gasteiger partial charge in [0.1, 0.15) is 0 Å². The molecule has 0 aromatic carbocycles. The van der Waals surface area contributed by atoms with Crippen LogP contribution in [0.3, 0.4) is 0 Å². The van der Waals surface area contributed by atoms with Crippen LogP contribution in [0.2, 0.25) is 0 Å². The number of nitrogens with zero attached hydrogens (tertiary/aromatic N) is 1. The fourth-order valence-corrected chi connectivity index (χ4v) is 3.31. The average molecular weight is 268 g/mol. The molecule has 2 aliphatic heterocycles. The fraction of sp³-hybridized carbons (Fsp3) is 1.00. The zero-order chi connectivity index (χ0) is 13.3. The molecule has 19 heavy (non-hydrogen) atoms. The molecule has 2 unspecified atom stereocenters. The standard InChI is InChI=1S/C16H32N2O/c1-15(14-18-11-4-2-5-12-18)17-10-7-9-16-8-3-6-13-19-16/h15-17H,2-14H2,1H3. The topological polar surface area (TPSA) is 24.5 Å². The summed E-state index contributed by atoms with van der Waals surface area (Å²) >= 11 is 0. The molecule has 2 atom stereocenters. The Balaban J connectivity index is 1.47. The number of ether oxygens (including phenoxy) is 1. The Morgan fingerprint density at radius 3 is 2.74 bits per heavy atom. The molecule has 2 heterocycles. The molecule has 0 aromatic heterocycles.